The zero-order valence-corrected chi connectivity index (χ0v) is 6.77. The Balaban J connectivity index is 3.21. The number of hydrogen-bond acceptors (Lipinski definition) is 4. The number of rotatable bonds is 5. The minimum absolute atomic E-state index is 0.212. The van der Waals surface area contributed by atoms with E-state index in [1.54, 1.807) is 0 Å². The molecule has 0 aromatic heterocycles. The monoisotopic (exact) mass is 169 g/mol. The first-order valence-corrected chi connectivity index (χ1v) is 4.53. The van der Waals surface area contributed by atoms with Crippen molar-refractivity contribution in [2.24, 2.45) is 0 Å². The first-order chi connectivity index (χ1) is 4.56. The molecule has 0 heterocycles. The molecule has 0 radical (unpaired) electrons. The molecular formula is C4H11NO4S. The lowest BCUT2D eigenvalue weighted by Gasteiger charge is -2.01. The molecule has 0 amide bonds. The summed E-state index contributed by atoms with van der Waals surface area (Å²) in [6.45, 7) is 0.575. The first-order valence-electron chi connectivity index (χ1n) is 2.64. The fraction of sp³-hybridized carbons (Fsp3) is 1.00. The van der Waals surface area contributed by atoms with Gasteiger partial charge in [-0.05, 0) is 0 Å². The highest BCUT2D eigenvalue weighted by Crippen LogP contribution is 1.75. The average molecular weight is 169 g/mol. The van der Waals surface area contributed by atoms with Crippen LogP contribution >= 0.6 is 0 Å². The van der Waals surface area contributed by atoms with E-state index in [0.29, 0.717) is 6.61 Å². The third-order valence-electron chi connectivity index (χ3n) is 0.600. The summed E-state index contributed by atoms with van der Waals surface area (Å²) in [7, 11) is -1.73. The molecule has 0 saturated carbocycles. The fourth-order valence-electron chi connectivity index (χ4n) is 0.274. The van der Waals surface area contributed by atoms with Crippen LogP contribution in [0.25, 0.3) is 0 Å². The van der Waals surface area contributed by atoms with Crippen LogP contribution in [0.1, 0.15) is 0 Å². The van der Waals surface area contributed by atoms with Gasteiger partial charge >= 0.3 is 0 Å². The summed E-state index contributed by atoms with van der Waals surface area (Å²) in [5.74, 6) is 0. The second-order valence-corrected chi connectivity index (χ2v) is 3.41. The Morgan fingerprint density at radius 2 is 2.00 bits per heavy atom. The van der Waals surface area contributed by atoms with Crippen molar-refractivity contribution >= 4 is 10.0 Å². The second-order valence-electron chi connectivity index (χ2n) is 1.70. The van der Waals surface area contributed by atoms with E-state index in [1.807, 2.05) is 4.89 Å². The van der Waals surface area contributed by atoms with Gasteiger partial charge in [-0.15, -0.1) is 0 Å². The van der Waals surface area contributed by atoms with Gasteiger partial charge in [0.2, 0.25) is 10.0 Å². The van der Waals surface area contributed by atoms with Crippen molar-refractivity contribution in [2.45, 2.75) is 0 Å². The SMILES string of the molecule is COCCONS(C)(=O)=O. The van der Waals surface area contributed by atoms with E-state index in [4.69, 9.17) is 0 Å². The standard InChI is InChI=1S/C4H11NO4S/c1-8-3-4-9-5-10(2,6)7/h5H,3-4H2,1-2H3. The van der Waals surface area contributed by atoms with Gasteiger partial charge in [-0.25, -0.2) is 8.42 Å². The fourth-order valence-corrected chi connectivity index (χ4v) is 0.571. The van der Waals surface area contributed by atoms with Crippen LogP contribution in [-0.2, 0) is 19.6 Å². The second kappa shape index (κ2) is 4.62. The summed E-state index contributed by atoms with van der Waals surface area (Å²) in [4.78, 5) is 6.32. The summed E-state index contributed by atoms with van der Waals surface area (Å²) in [5.41, 5.74) is 0. The molecule has 0 aromatic carbocycles. The van der Waals surface area contributed by atoms with E-state index >= 15 is 0 Å². The van der Waals surface area contributed by atoms with Crippen LogP contribution in [-0.4, -0.2) is 35.0 Å². The molecule has 0 atom stereocenters. The summed E-state index contributed by atoms with van der Waals surface area (Å²) in [5, 5.41) is 0. The van der Waals surface area contributed by atoms with Crippen molar-refractivity contribution in [3.8, 4) is 0 Å². The first kappa shape index (κ1) is 9.83. The van der Waals surface area contributed by atoms with E-state index in [0.717, 1.165) is 6.26 Å². The lowest BCUT2D eigenvalue weighted by atomic mass is 10.8. The molecule has 0 fully saturated rings. The average Bonchev–Trinajstić information content (AvgIpc) is 1.78. The van der Waals surface area contributed by atoms with E-state index < -0.39 is 10.0 Å². The molecule has 0 rings (SSSR count). The molecule has 10 heavy (non-hydrogen) atoms. The maximum Gasteiger partial charge on any atom is 0.230 e. The number of ether oxygens (including phenoxy) is 1. The molecule has 0 aliphatic carbocycles. The molecule has 62 valence electrons. The van der Waals surface area contributed by atoms with Gasteiger partial charge in [-0.3, -0.25) is 4.84 Å². The normalized spacial score (nSPS) is 11.8. The number of hydrogen-bond donors (Lipinski definition) is 1. The lowest BCUT2D eigenvalue weighted by molar-refractivity contribution is 0.0442. The Kier molecular flexibility index (Phi) is 4.54. The highest BCUT2D eigenvalue weighted by atomic mass is 32.2. The van der Waals surface area contributed by atoms with Crippen LogP contribution in [0.2, 0.25) is 0 Å². The predicted molar refractivity (Wildman–Crippen MR) is 35.8 cm³/mol. The summed E-state index contributed by atoms with van der Waals surface area (Å²) in [6.07, 6.45) is 1.01. The summed E-state index contributed by atoms with van der Waals surface area (Å²) >= 11 is 0. The molecule has 1 N–H and O–H groups in total. The molecule has 0 aromatic rings. The smallest absolute Gasteiger partial charge is 0.230 e. The molecule has 0 aliphatic heterocycles. The summed E-state index contributed by atoms with van der Waals surface area (Å²) in [6, 6.07) is 0. The van der Waals surface area contributed by atoms with Gasteiger partial charge in [0.1, 0.15) is 0 Å². The number of sulfonamides is 1. The van der Waals surface area contributed by atoms with E-state index in [1.165, 1.54) is 7.11 Å². The van der Waals surface area contributed by atoms with Gasteiger partial charge in [-0.2, -0.15) is 0 Å². The van der Waals surface area contributed by atoms with Crippen LogP contribution in [0.4, 0.5) is 0 Å². The van der Waals surface area contributed by atoms with Crippen molar-refractivity contribution in [1.82, 2.24) is 4.89 Å². The van der Waals surface area contributed by atoms with Gasteiger partial charge in [-0.1, -0.05) is 4.89 Å². The van der Waals surface area contributed by atoms with Crippen LogP contribution in [0.15, 0.2) is 0 Å². The molecule has 0 spiro atoms. The van der Waals surface area contributed by atoms with Crippen molar-refractivity contribution in [2.75, 3.05) is 26.6 Å². The Morgan fingerprint density at radius 3 is 2.40 bits per heavy atom. The third-order valence-corrected chi connectivity index (χ3v) is 1.02. The van der Waals surface area contributed by atoms with E-state index in [-0.39, 0.29) is 6.61 Å². The van der Waals surface area contributed by atoms with Crippen LogP contribution in [0.5, 0.6) is 0 Å². The largest absolute Gasteiger partial charge is 0.382 e. The van der Waals surface area contributed by atoms with Crippen molar-refractivity contribution in [3.05, 3.63) is 0 Å². The topological polar surface area (TPSA) is 64.6 Å². The highest BCUT2D eigenvalue weighted by molar-refractivity contribution is 7.88. The lowest BCUT2D eigenvalue weighted by Crippen LogP contribution is -2.24. The van der Waals surface area contributed by atoms with Gasteiger partial charge in [0, 0.05) is 7.11 Å². The zero-order valence-electron chi connectivity index (χ0n) is 5.96. The minimum Gasteiger partial charge on any atom is -0.382 e. The van der Waals surface area contributed by atoms with Crippen molar-refractivity contribution in [3.63, 3.8) is 0 Å². The van der Waals surface area contributed by atoms with Gasteiger partial charge < -0.3 is 4.74 Å². The molecule has 0 aliphatic rings. The minimum atomic E-state index is -3.23. The van der Waals surface area contributed by atoms with Gasteiger partial charge in [0.25, 0.3) is 0 Å². The van der Waals surface area contributed by atoms with Crippen molar-refractivity contribution < 1.29 is 18.0 Å². The maximum atomic E-state index is 10.3. The van der Waals surface area contributed by atoms with Crippen molar-refractivity contribution in [1.29, 1.82) is 0 Å². The summed E-state index contributed by atoms with van der Waals surface area (Å²) < 4.78 is 25.2. The predicted octanol–water partition coefficient (Wildman–Crippen LogP) is -0.886. The van der Waals surface area contributed by atoms with Crippen LogP contribution in [0, 0.1) is 0 Å². The van der Waals surface area contributed by atoms with E-state index in [9.17, 15) is 8.42 Å². The third kappa shape index (κ3) is 7.83. The zero-order chi connectivity index (χ0) is 8.04. The highest BCUT2D eigenvalue weighted by Gasteiger charge is 1.97. The van der Waals surface area contributed by atoms with Gasteiger partial charge in [0.15, 0.2) is 0 Å². The quantitative estimate of drug-likeness (QED) is 0.428. The molecular weight excluding hydrogens is 158 g/mol. The molecule has 0 saturated heterocycles. The van der Waals surface area contributed by atoms with Crippen LogP contribution < -0.4 is 4.89 Å². The Hall–Kier alpha value is -0.170. The molecule has 0 bridgehead atoms. The van der Waals surface area contributed by atoms with Gasteiger partial charge in [0.05, 0.1) is 19.5 Å². The molecule has 6 heteroatoms. The van der Waals surface area contributed by atoms with Crippen LogP contribution in [0.3, 0.4) is 0 Å². The van der Waals surface area contributed by atoms with E-state index in [2.05, 4.69) is 9.57 Å². The molecule has 0 unspecified atom stereocenters. The molecule has 5 nitrogen and oxygen atoms in total. The Morgan fingerprint density at radius 1 is 1.40 bits per heavy atom. The number of methoxy groups -OCH3 is 1. The number of nitrogens with one attached hydrogen (secondary N) is 1. The Labute approximate surface area is 60.3 Å². The maximum absolute atomic E-state index is 10.3. The Bertz CT molecular complexity index is 164.